The normalized spacial score (nSPS) is 23.0. The zero-order chi connectivity index (χ0) is 22.7. The van der Waals surface area contributed by atoms with Crippen molar-refractivity contribution in [3.63, 3.8) is 0 Å². The number of aliphatic hydroxyl groups excluding tert-OH is 1. The summed E-state index contributed by atoms with van der Waals surface area (Å²) in [5, 5.41) is 14.5. The molecule has 172 valence electrons. The number of aliphatic imine (C=N–C) groups is 1. The first kappa shape index (κ1) is 22.7. The van der Waals surface area contributed by atoms with E-state index in [-0.39, 0.29) is 18.3 Å². The summed E-state index contributed by atoms with van der Waals surface area (Å²) >= 11 is 0. The average molecular weight is 438 g/mol. The fourth-order valence-electron chi connectivity index (χ4n) is 5.11. The molecule has 1 amide bonds. The highest BCUT2D eigenvalue weighted by atomic mass is 16.3. The van der Waals surface area contributed by atoms with E-state index in [1.807, 2.05) is 31.2 Å². The number of pyridine rings is 1. The van der Waals surface area contributed by atoms with Gasteiger partial charge in [-0.2, -0.15) is 4.99 Å². The van der Waals surface area contributed by atoms with Crippen molar-refractivity contribution in [2.45, 2.75) is 64.5 Å². The molecular weight excluding hydrogens is 402 g/mol. The Hall–Kier alpha value is -2.51. The largest absolute Gasteiger partial charge is 0.396 e. The van der Waals surface area contributed by atoms with Crippen molar-refractivity contribution >= 4 is 28.5 Å². The van der Waals surface area contributed by atoms with E-state index < -0.39 is 0 Å². The molecule has 1 aliphatic carbocycles. The first-order valence-corrected chi connectivity index (χ1v) is 11.8. The molecule has 2 fully saturated rings. The molecule has 1 aromatic carbocycles. The number of hydrogen-bond acceptors (Lipinski definition) is 5. The lowest BCUT2D eigenvalue weighted by molar-refractivity contribution is 0.100. The monoisotopic (exact) mass is 437 g/mol. The van der Waals surface area contributed by atoms with Crippen molar-refractivity contribution in [1.82, 2.24) is 10.3 Å². The van der Waals surface area contributed by atoms with Crippen molar-refractivity contribution in [1.29, 1.82) is 0 Å². The lowest BCUT2D eigenvalue weighted by Gasteiger charge is -2.39. The van der Waals surface area contributed by atoms with Gasteiger partial charge in [0.15, 0.2) is 0 Å². The zero-order valence-corrected chi connectivity index (χ0v) is 19.2. The van der Waals surface area contributed by atoms with Crippen molar-refractivity contribution < 1.29 is 9.90 Å². The Balaban J connectivity index is 1.53. The van der Waals surface area contributed by atoms with Gasteiger partial charge in [-0.05, 0) is 63.6 Å². The number of carbonyl (C=O) groups excluding carboxylic acids is 1. The van der Waals surface area contributed by atoms with Crippen molar-refractivity contribution in [3.05, 3.63) is 35.4 Å². The molecular formula is C25H35N5O2. The van der Waals surface area contributed by atoms with E-state index in [2.05, 4.69) is 15.2 Å². The first-order chi connectivity index (χ1) is 15.4. The van der Waals surface area contributed by atoms with Crippen LogP contribution in [-0.2, 0) is 0 Å². The van der Waals surface area contributed by atoms with Gasteiger partial charge in [0.2, 0.25) is 0 Å². The molecule has 2 unspecified atom stereocenters. The number of anilines is 1. The Labute approximate surface area is 190 Å². The summed E-state index contributed by atoms with van der Waals surface area (Å²) in [5.74, 6) is 0.970. The smallest absolute Gasteiger partial charge is 0.282 e. The van der Waals surface area contributed by atoms with Gasteiger partial charge in [-0.1, -0.05) is 24.5 Å². The number of aromatic nitrogens is 1. The Morgan fingerprint density at radius 3 is 2.69 bits per heavy atom. The number of nitrogens with zero attached hydrogens (tertiary/aromatic N) is 3. The summed E-state index contributed by atoms with van der Waals surface area (Å²) in [6.07, 6.45) is 6.67. The van der Waals surface area contributed by atoms with Gasteiger partial charge in [0.1, 0.15) is 11.7 Å². The SMILES string of the molecule is CC(N)=NC(=O)c1cc2cc(C)ccc2nc1N1CCC(NC2CCCCC2CO)CC1. The molecule has 1 saturated heterocycles. The minimum atomic E-state index is -0.343. The van der Waals surface area contributed by atoms with E-state index in [0.717, 1.165) is 55.2 Å². The number of aliphatic hydroxyl groups is 1. The number of rotatable bonds is 5. The second-order valence-corrected chi connectivity index (χ2v) is 9.38. The number of hydrogen-bond donors (Lipinski definition) is 3. The van der Waals surface area contributed by atoms with Gasteiger partial charge in [-0.25, -0.2) is 4.98 Å². The molecule has 2 heterocycles. The second-order valence-electron chi connectivity index (χ2n) is 9.38. The van der Waals surface area contributed by atoms with Crippen LogP contribution in [0.25, 0.3) is 10.9 Å². The van der Waals surface area contributed by atoms with Crippen LogP contribution in [0.2, 0.25) is 0 Å². The van der Waals surface area contributed by atoms with Crippen LogP contribution in [0.15, 0.2) is 29.3 Å². The topological polar surface area (TPSA) is 104 Å². The van der Waals surface area contributed by atoms with Crippen molar-refractivity contribution in [2.75, 3.05) is 24.6 Å². The van der Waals surface area contributed by atoms with Gasteiger partial charge < -0.3 is 21.1 Å². The number of nitrogens with two attached hydrogens (primary N) is 1. The molecule has 1 aromatic heterocycles. The molecule has 0 radical (unpaired) electrons. The first-order valence-electron chi connectivity index (χ1n) is 11.8. The number of carbonyl (C=O) groups is 1. The van der Waals surface area contributed by atoms with Crippen molar-refractivity contribution in [2.24, 2.45) is 16.6 Å². The van der Waals surface area contributed by atoms with Crippen LogP contribution in [0.5, 0.6) is 0 Å². The van der Waals surface area contributed by atoms with Crippen LogP contribution < -0.4 is 16.0 Å². The molecule has 2 atom stereocenters. The average Bonchev–Trinajstić information content (AvgIpc) is 2.78. The minimum Gasteiger partial charge on any atom is -0.396 e. The Morgan fingerprint density at radius 1 is 1.22 bits per heavy atom. The van der Waals surface area contributed by atoms with Crippen LogP contribution in [0, 0.1) is 12.8 Å². The molecule has 2 aliphatic rings. The van der Waals surface area contributed by atoms with E-state index in [0.29, 0.717) is 29.4 Å². The third kappa shape index (κ3) is 5.10. The van der Waals surface area contributed by atoms with Crippen LogP contribution in [-0.4, -0.2) is 53.6 Å². The maximum absolute atomic E-state index is 12.9. The van der Waals surface area contributed by atoms with Crippen molar-refractivity contribution in [3.8, 4) is 0 Å². The van der Waals surface area contributed by atoms with Gasteiger partial charge in [0.05, 0.1) is 11.1 Å². The molecule has 2 aromatic rings. The maximum atomic E-state index is 12.9. The number of amidine groups is 1. The Bertz CT molecular complexity index is 993. The van der Waals surface area contributed by atoms with Crippen LogP contribution in [0.3, 0.4) is 0 Å². The second kappa shape index (κ2) is 9.96. The molecule has 0 spiro atoms. The standard InChI is InChI=1S/C25H35N5O2/c1-16-7-8-23-19(13-16)14-21(25(32)27-17(2)26)24(29-23)30-11-9-20(10-12-30)28-22-6-4-3-5-18(22)15-31/h7-8,13-14,18,20,22,28,31H,3-6,9-12,15H2,1-2H3,(H2,26,27,32). The number of amides is 1. The predicted octanol–water partition coefficient (Wildman–Crippen LogP) is 3.17. The number of benzene rings is 1. The fraction of sp³-hybridized carbons (Fsp3) is 0.560. The number of fused-ring (bicyclic) bond motifs is 1. The molecule has 4 N–H and O–H groups in total. The maximum Gasteiger partial charge on any atom is 0.282 e. The highest BCUT2D eigenvalue weighted by Gasteiger charge is 2.29. The molecule has 7 heteroatoms. The lowest BCUT2D eigenvalue weighted by Crippen LogP contribution is -2.50. The Morgan fingerprint density at radius 2 is 1.97 bits per heavy atom. The van der Waals surface area contributed by atoms with Crippen LogP contribution in [0.1, 0.15) is 61.4 Å². The number of piperidine rings is 1. The Kier molecular flexibility index (Phi) is 7.06. The highest BCUT2D eigenvalue weighted by molar-refractivity contribution is 6.07. The molecule has 1 aliphatic heterocycles. The summed E-state index contributed by atoms with van der Waals surface area (Å²) in [4.78, 5) is 23.9. The summed E-state index contributed by atoms with van der Waals surface area (Å²) in [6.45, 7) is 5.57. The zero-order valence-electron chi connectivity index (χ0n) is 19.2. The van der Waals surface area contributed by atoms with E-state index >= 15 is 0 Å². The van der Waals surface area contributed by atoms with Gasteiger partial charge >= 0.3 is 0 Å². The number of nitrogens with one attached hydrogen (secondary N) is 1. The number of aryl methyl sites for hydroxylation is 1. The van der Waals surface area contributed by atoms with E-state index in [4.69, 9.17) is 10.7 Å². The van der Waals surface area contributed by atoms with Gasteiger partial charge in [0, 0.05) is 37.2 Å². The summed E-state index contributed by atoms with van der Waals surface area (Å²) < 4.78 is 0. The highest BCUT2D eigenvalue weighted by Crippen LogP contribution is 2.29. The van der Waals surface area contributed by atoms with Gasteiger partial charge in [0.25, 0.3) is 5.91 Å². The van der Waals surface area contributed by atoms with Gasteiger partial charge in [-0.15, -0.1) is 0 Å². The predicted molar refractivity (Wildman–Crippen MR) is 129 cm³/mol. The van der Waals surface area contributed by atoms with Crippen LogP contribution >= 0.6 is 0 Å². The molecule has 1 saturated carbocycles. The third-order valence-corrected chi connectivity index (χ3v) is 6.85. The summed E-state index contributed by atoms with van der Waals surface area (Å²) in [6, 6.07) is 8.83. The summed E-state index contributed by atoms with van der Waals surface area (Å²) in [5.41, 5.74) is 8.20. The quantitative estimate of drug-likeness (QED) is 0.490. The minimum absolute atomic E-state index is 0.249. The molecule has 4 rings (SSSR count). The van der Waals surface area contributed by atoms with E-state index in [9.17, 15) is 9.90 Å². The lowest BCUT2D eigenvalue weighted by atomic mass is 9.84. The molecule has 32 heavy (non-hydrogen) atoms. The van der Waals surface area contributed by atoms with E-state index in [1.165, 1.54) is 12.8 Å². The van der Waals surface area contributed by atoms with E-state index in [1.54, 1.807) is 6.92 Å². The molecule has 7 nitrogen and oxygen atoms in total. The van der Waals surface area contributed by atoms with Crippen LogP contribution in [0.4, 0.5) is 5.82 Å². The molecule has 0 bridgehead atoms. The summed E-state index contributed by atoms with van der Waals surface area (Å²) in [7, 11) is 0. The van der Waals surface area contributed by atoms with Gasteiger partial charge in [-0.3, -0.25) is 4.79 Å². The third-order valence-electron chi connectivity index (χ3n) is 6.85. The fourth-order valence-corrected chi connectivity index (χ4v) is 5.11.